The fourth-order valence-corrected chi connectivity index (χ4v) is 2.99. The third-order valence-corrected chi connectivity index (χ3v) is 4.06. The van der Waals surface area contributed by atoms with Crippen molar-refractivity contribution < 1.29 is 17.7 Å². The van der Waals surface area contributed by atoms with Gasteiger partial charge in [0.1, 0.15) is 4.90 Å². The summed E-state index contributed by atoms with van der Waals surface area (Å²) in [6, 6.07) is 1.60. The van der Waals surface area contributed by atoms with Gasteiger partial charge in [0.15, 0.2) is 5.82 Å². The summed E-state index contributed by atoms with van der Waals surface area (Å²) in [4.78, 5) is 9.08. The topological polar surface area (TPSA) is 89.3 Å². The first-order valence-electron chi connectivity index (χ1n) is 4.92. The van der Waals surface area contributed by atoms with E-state index in [0.29, 0.717) is 12.5 Å². The lowest BCUT2D eigenvalue weighted by molar-refractivity contribution is -0.385. The fourth-order valence-electron chi connectivity index (χ4n) is 1.17. The number of nitrogens with zero attached hydrogens (tertiary/aromatic N) is 1. The van der Waals surface area contributed by atoms with E-state index in [4.69, 9.17) is 0 Å². The Morgan fingerprint density at radius 1 is 1.50 bits per heavy atom. The molecule has 0 fully saturated rings. The van der Waals surface area contributed by atoms with Gasteiger partial charge in [0.25, 0.3) is 5.69 Å². The monoisotopic (exact) mass is 340 g/mol. The number of halogens is 2. The molecule has 18 heavy (non-hydrogen) atoms. The first-order valence-corrected chi connectivity index (χ1v) is 7.20. The summed E-state index contributed by atoms with van der Waals surface area (Å²) in [5.41, 5.74) is -0.500. The molecule has 0 amide bonds. The maximum Gasteiger partial charge on any atom is 0.272 e. The number of non-ortho nitro benzene ring substituents is 1. The highest BCUT2D eigenvalue weighted by Crippen LogP contribution is 2.28. The van der Waals surface area contributed by atoms with Gasteiger partial charge in [-0.2, -0.15) is 0 Å². The molecular weight excluding hydrogens is 331 g/mol. The van der Waals surface area contributed by atoms with Crippen LogP contribution in [0.5, 0.6) is 0 Å². The molecule has 0 unspecified atom stereocenters. The Hall–Kier alpha value is -1.06. The molecule has 6 nitrogen and oxygen atoms in total. The smallest absolute Gasteiger partial charge is 0.258 e. The molecule has 0 bridgehead atoms. The third kappa shape index (κ3) is 3.24. The Balaban J connectivity index is 3.35. The molecule has 0 radical (unpaired) electrons. The highest BCUT2D eigenvalue weighted by Gasteiger charge is 2.24. The van der Waals surface area contributed by atoms with Gasteiger partial charge in [0.05, 0.1) is 9.40 Å². The average molecular weight is 341 g/mol. The summed E-state index contributed by atoms with van der Waals surface area (Å²) in [7, 11) is -4.09. The van der Waals surface area contributed by atoms with E-state index < -0.39 is 31.3 Å². The van der Waals surface area contributed by atoms with Gasteiger partial charge >= 0.3 is 0 Å². The summed E-state index contributed by atoms with van der Waals surface area (Å²) in [6.07, 6.45) is 0.525. The molecule has 1 aromatic rings. The predicted octanol–water partition coefficient (Wildman–Crippen LogP) is 2.18. The van der Waals surface area contributed by atoms with E-state index >= 15 is 0 Å². The van der Waals surface area contributed by atoms with Crippen molar-refractivity contribution in [2.24, 2.45) is 0 Å². The minimum atomic E-state index is -4.09. The first-order chi connectivity index (χ1) is 8.29. The van der Waals surface area contributed by atoms with E-state index in [0.717, 1.165) is 6.07 Å². The van der Waals surface area contributed by atoms with Crippen molar-refractivity contribution >= 4 is 31.6 Å². The highest BCUT2D eigenvalue weighted by molar-refractivity contribution is 9.10. The molecule has 1 N–H and O–H groups in total. The van der Waals surface area contributed by atoms with Crippen LogP contribution in [0.3, 0.4) is 0 Å². The van der Waals surface area contributed by atoms with Crippen molar-refractivity contribution in [2.75, 3.05) is 6.54 Å². The number of rotatable bonds is 5. The minimum Gasteiger partial charge on any atom is -0.258 e. The zero-order chi connectivity index (χ0) is 13.9. The molecule has 100 valence electrons. The van der Waals surface area contributed by atoms with Gasteiger partial charge in [-0.3, -0.25) is 10.1 Å². The summed E-state index contributed by atoms with van der Waals surface area (Å²) in [6.45, 7) is 1.87. The van der Waals surface area contributed by atoms with Crippen LogP contribution in [0.1, 0.15) is 13.3 Å². The number of nitro benzene ring substituents is 1. The molecule has 1 aromatic carbocycles. The van der Waals surface area contributed by atoms with Gasteiger partial charge in [-0.05, 0) is 22.4 Å². The van der Waals surface area contributed by atoms with E-state index in [1.807, 2.05) is 0 Å². The zero-order valence-corrected chi connectivity index (χ0v) is 11.7. The lowest BCUT2D eigenvalue weighted by atomic mass is 10.3. The number of hydrogen-bond donors (Lipinski definition) is 1. The van der Waals surface area contributed by atoms with Crippen LogP contribution < -0.4 is 4.72 Å². The van der Waals surface area contributed by atoms with Crippen LogP contribution in [0.2, 0.25) is 0 Å². The Kier molecular flexibility index (Phi) is 4.77. The largest absolute Gasteiger partial charge is 0.272 e. The van der Waals surface area contributed by atoms with Crippen molar-refractivity contribution in [3.63, 3.8) is 0 Å². The molecule has 0 aliphatic carbocycles. The van der Waals surface area contributed by atoms with Crippen molar-refractivity contribution in [2.45, 2.75) is 18.2 Å². The lowest BCUT2D eigenvalue weighted by Crippen LogP contribution is -2.25. The van der Waals surface area contributed by atoms with E-state index in [1.54, 1.807) is 6.92 Å². The maximum absolute atomic E-state index is 13.7. The van der Waals surface area contributed by atoms with Crippen LogP contribution in [-0.4, -0.2) is 19.9 Å². The standard InChI is InChI=1S/C9H10BrFN2O4S/c1-2-3-12-18(16,17)8-5-6(13(14)15)4-7(10)9(8)11/h4-5,12H,2-3H2,1H3. The van der Waals surface area contributed by atoms with Crippen molar-refractivity contribution in [3.05, 3.63) is 32.5 Å². The first kappa shape index (κ1) is 15.0. The van der Waals surface area contributed by atoms with Crippen molar-refractivity contribution in [3.8, 4) is 0 Å². The second kappa shape index (κ2) is 5.72. The maximum atomic E-state index is 13.7. The normalized spacial score (nSPS) is 11.5. The van der Waals surface area contributed by atoms with E-state index in [-0.39, 0.29) is 11.0 Å². The van der Waals surface area contributed by atoms with Gasteiger partial charge in [0, 0.05) is 18.7 Å². The summed E-state index contributed by atoms with van der Waals surface area (Å²) in [5, 5.41) is 10.6. The molecule has 0 aromatic heterocycles. The molecular formula is C9H10BrFN2O4S. The molecule has 0 aliphatic rings. The lowest BCUT2D eigenvalue weighted by Gasteiger charge is -2.07. The zero-order valence-electron chi connectivity index (χ0n) is 9.31. The number of nitro groups is 1. The van der Waals surface area contributed by atoms with Crippen LogP contribution in [0.25, 0.3) is 0 Å². The van der Waals surface area contributed by atoms with Crippen LogP contribution in [0.15, 0.2) is 21.5 Å². The average Bonchev–Trinajstić information content (AvgIpc) is 2.29. The quantitative estimate of drug-likeness (QED) is 0.657. The fraction of sp³-hybridized carbons (Fsp3) is 0.333. The van der Waals surface area contributed by atoms with Gasteiger partial charge in [-0.15, -0.1) is 0 Å². The third-order valence-electron chi connectivity index (χ3n) is 2.02. The van der Waals surface area contributed by atoms with E-state index in [9.17, 15) is 22.9 Å². The van der Waals surface area contributed by atoms with Crippen LogP contribution >= 0.6 is 15.9 Å². The predicted molar refractivity (Wildman–Crippen MR) is 66.2 cm³/mol. The molecule has 1 rings (SSSR count). The van der Waals surface area contributed by atoms with Gasteiger partial charge in [-0.25, -0.2) is 17.5 Å². The number of benzene rings is 1. The Morgan fingerprint density at radius 3 is 2.61 bits per heavy atom. The van der Waals surface area contributed by atoms with Gasteiger partial charge in [-0.1, -0.05) is 6.92 Å². The van der Waals surface area contributed by atoms with Gasteiger partial charge in [0.2, 0.25) is 10.0 Å². The molecule has 0 saturated carbocycles. The van der Waals surface area contributed by atoms with Gasteiger partial charge < -0.3 is 0 Å². The number of nitrogens with one attached hydrogen (secondary N) is 1. The Bertz CT molecular complexity index is 576. The highest BCUT2D eigenvalue weighted by atomic mass is 79.9. The summed E-state index contributed by atoms with van der Waals surface area (Å²) >= 11 is 2.75. The molecule has 0 saturated heterocycles. The Labute approximate surface area is 112 Å². The molecule has 0 aliphatic heterocycles. The summed E-state index contributed by atoms with van der Waals surface area (Å²) < 4.78 is 39.0. The summed E-state index contributed by atoms with van der Waals surface area (Å²) in [5.74, 6) is -1.05. The molecule has 0 atom stereocenters. The molecule has 0 heterocycles. The SMILES string of the molecule is CCCNS(=O)(=O)c1cc([N+](=O)[O-])cc(Br)c1F. The number of sulfonamides is 1. The Morgan fingerprint density at radius 2 is 2.11 bits per heavy atom. The number of hydrogen-bond acceptors (Lipinski definition) is 4. The second-order valence-corrected chi connectivity index (χ2v) is 5.98. The minimum absolute atomic E-state index is 0.127. The van der Waals surface area contributed by atoms with Crippen LogP contribution in [0.4, 0.5) is 10.1 Å². The van der Waals surface area contributed by atoms with Crippen LogP contribution in [-0.2, 0) is 10.0 Å². The van der Waals surface area contributed by atoms with Crippen LogP contribution in [0, 0.1) is 15.9 Å². The van der Waals surface area contributed by atoms with Crippen molar-refractivity contribution in [1.29, 1.82) is 0 Å². The molecule has 0 spiro atoms. The van der Waals surface area contributed by atoms with E-state index in [1.165, 1.54) is 0 Å². The van der Waals surface area contributed by atoms with Crippen molar-refractivity contribution in [1.82, 2.24) is 4.72 Å². The van der Waals surface area contributed by atoms with E-state index in [2.05, 4.69) is 20.7 Å². The second-order valence-electron chi connectivity index (χ2n) is 3.39. The molecule has 9 heteroatoms.